The molecule has 216 valence electrons. The second-order valence-electron chi connectivity index (χ2n) is 11.5. The average Bonchev–Trinajstić information content (AvgIpc) is 3.36. The highest BCUT2D eigenvalue weighted by Crippen LogP contribution is 2.36. The van der Waals surface area contributed by atoms with Crippen LogP contribution in [0.1, 0.15) is 45.6 Å². The Kier molecular flexibility index (Phi) is 8.48. The maximum atomic E-state index is 12.9. The molecule has 11 nitrogen and oxygen atoms in total. The molecule has 12 heteroatoms. The van der Waals surface area contributed by atoms with E-state index in [1.165, 1.54) is 6.26 Å². The summed E-state index contributed by atoms with van der Waals surface area (Å²) in [4.78, 5) is 17.7. The fourth-order valence-electron chi connectivity index (χ4n) is 6.48. The Balaban J connectivity index is 1.13. The van der Waals surface area contributed by atoms with E-state index < -0.39 is 16.1 Å². The minimum atomic E-state index is -3.13. The molecule has 4 heterocycles. The van der Waals surface area contributed by atoms with Crippen molar-refractivity contribution < 1.29 is 22.7 Å². The number of rotatable bonds is 9. The minimum absolute atomic E-state index is 0.0525. The van der Waals surface area contributed by atoms with E-state index in [1.54, 1.807) is 11.4 Å². The zero-order valence-corrected chi connectivity index (χ0v) is 24.3. The number of amides is 1. The lowest BCUT2D eigenvalue weighted by Gasteiger charge is -2.41. The van der Waals surface area contributed by atoms with Gasteiger partial charge in [0.2, 0.25) is 10.0 Å². The fraction of sp³-hybridized carbons (Fsp3) is 0.704. The first-order valence-electron chi connectivity index (χ1n) is 14.0. The molecule has 5 rings (SSSR count). The summed E-state index contributed by atoms with van der Waals surface area (Å²) in [5.41, 5.74) is 0.951. The van der Waals surface area contributed by atoms with Crippen LogP contribution in [0.2, 0.25) is 0 Å². The van der Waals surface area contributed by atoms with Crippen LogP contribution in [-0.4, -0.2) is 115 Å². The number of nitrogens with one attached hydrogen (secondary N) is 1. The third-order valence-corrected chi connectivity index (χ3v) is 9.78. The van der Waals surface area contributed by atoms with Crippen molar-refractivity contribution in [2.75, 3.05) is 52.6 Å². The normalized spacial score (nSPS) is 25.8. The molecule has 2 bridgehead atoms. The topological polar surface area (TPSA) is 109 Å². The summed E-state index contributed by atoms with van der Waals surface area (Å²) in [6.45, 7) is 8.24. The molecule has 0 saturated carbocycles. The van der Waals surface area contributed by atoms with Crippen LogP contribution >= 0.6 is 0 Å². The van der Waals surface area contributed by atoms with Gasteiger partial charge in [-0.15, -0.1) is 5.10 Å². The molecule has 0 radical (unpaired) electrons. The second kappa shape index (κ2) is 11.7. The van der Waals surface area contributed by atoms with Crippen molar-refractivity contribution in [1.82, 2.24) is 29.2 Å². The quantitative estimate of drug-likeness (QED) is 0.496. The van der Waals surface area contributed by atoms with E-state index in [0.29, 0.717) is 31.1 Å². The number of benzene rings is 1. The predicted octanol–water partition coefficient (Wildman–Crippen LogP) is 2.29. The summed E-state index contributed by atoms with van der Waals surface area (Å²) in [6, 6.07) is 8.82. The first-order valence-corrected chi connectivity index (χ1v) is 15.9. The molecule has 3 aliphatic heterocycles. The minimum Gasteiger partial charge on any atom is -0.389 e. The van der Waals surface area contributed by atoms with Gasteiger partial charge in [-0.25, -0.2) is 13.2 Å². The zero-order chi connectivity index (χ0) is 27.7. The number of ether oxygens (including phenoxy) is 2. The molecule has 1 aromatic heterocycles. The van der Waals surface area contributed by atoms with Crippen molar-refractivity contribution in [2.45, 2.75) is 69.8 Å². The summed E-state index contributed by atoms with van der Waals surface area (Å²) in [7, 11) is -1.37. The molecule has 4 atom stereocenters. The van der Waals surface area contributed by atoms with E-state index in [4.69, 9.17) is 9.47 Å². The van der Waals surface area contributed by atoms with Gasteiger partial charge in [0.1, 0.15) is 0 Å². The molecular weight excluding hydrogens is 520 g/mol. The number of fused-ring (bicyclic) bond motifs is 3. The number of sulfonamides is 1. The molecule has 39 heavy (non-hydrogen) atoms. The highest BCUT2D eigenvalue weighted by Gasteiger charge is 2.42. The van der Waals surface area contributed by atoms with Gasteiger partial charge in [0, 0.05) is 70.5 Å². The maximum absolute atomic E-state index is 12.9. The SMILES string of the molecule is COC(CN1CCN(S(C)(=O)=O)CC1)CN1[C@@H]2CC[C@H]1C[C@H](NC(=O)Oc1nn(C(C)C)c3ccccc13)C2. The van der Waals surface area contributed by atoms with Crippen LogP contribution in [0.15, 0.2) is 24.3 Å². The lowest BCUT2D eigenvalue weighted by atomic mass is 9.97. The van der Waals surface area contributed by atoms with Crippen molar-refractivity contribution >= 4 is 27.0 Å². The van der Waals surface area contributed by atoms with Gasteiger partial charge in [0.15, 0.2) is 0 Å². The van der Waals surface area contributed by atoms with E-state index >= 15 is 0 Å². The molecule has 1 aromatic carbocycles. The molecule has 0 spiro atoms. The molecular formula is C27H42N6O5S. The Labute approximate surface area is 231 Å². The highest BCUT2D eigenvalue weighted by molar-refractivity contribution is 7.88. The van der Waals surface area contributed by atoms with Gasteiger partial charge in [-0.2, -0.15) is 4.31 Å². The van der Waals surface area contributed by atoms with Gasteiger partial charge in [0.05, 0.1) is 23.3 Å². The lowest BCUT2D eigenvalue weighted by Crippen LogP contribution is -2.55. The first-order chi connectivity index (χ1) is 18.6. The number of hydrogen-bond acceptors (Lipinski definition) is 8. The summed E-state index contributed by atoms with van der Waals surface area (Å²) in [5.74, 6) is 0.345. The van der Waals surface area contributed by atoms with Crippen LogP contribution in [0.25, 0.3) is 10.9 Å². The number of piperidine rings is 1. The molecule has 1 N–H and O–H groups in total. The van der Waals surface area contributed by atoms with Gasteiger partial charge in [-0.1, -0.05) is 12.1 Å². The molecule has 2 aromatic rings. The average molecular weight is 563 g/mol. The van der Waals surface area contributed by atoms with E-state index in [1.807, 2.05) is 28.9 Å². The van der Waals surface area contributed by atoms with Gasteiger partial charge in [-0.3, -0.25) is 14.5 Å². The monoisotopic (exact) mass is 562 g/mol. The van der Waals surface area contributed by atoms with Crippen LogP contribution in [0.5, 0.6) is 5.88 Å². The lowest BCUT2D eigenvalue weighted by molar-refractivity contribution is 0.00321. The Morgan fingerprint density at radius 3 is 2.36 bits per heavy atom. The third-order valence-electron chi connectivity index (χ3n) is 8.47. The Morgan fingerprint density at radius 1 is 1.08 bits per heavy atom. The largest absolute Gasteiger partial charge is 0.414 e. The third kappa shape index (κ3) is 6.40. The Hall–Kier alpha value is -2.25. The van der Waals surface area contributed by atoms with Gasteiger partial charge >= 0.3 is 6.09 Å². The number of carbonyl (C=O) groups is 1. The molecule has 0 aliphatic carbocycles. The maximum Gasteiger partial charge on any atom is 0.414 e. The van der Waals surface area contributed by atoms with Crippen molar-refractivity contribution in [1.29, 1.82) is 0 Å². The summed E-state index contributed by atoms with van der Waals surface area (Å²) < 4.78 is 38.6. The number of methoxy groups -OCH3 is 1. The van der Waals surface area contributed by atoms with Crippen LogP contribution in [0.3, 0.4) is 0 Å². The summed E-state index contributed by atoms with van der Waals surface area (Å²) >= 11 is 0. The highest BCUT2D eigenvalue weighted by atomic mass is 32.2. The van der Waals surface area contributed by atoms with Gasteiger partial charge in [-0.05, 0) is 51.7 Å². The number of piperazine rings is 1. The van der Waals surface area contributed by atoms with Gasteiger partial charge < -0.3 is 14.8 Å². The molecule has 1 unspecified atom stereocenters. The van der Waals surface area contributed by atoms with Crippen molar-refractivity contribution in [3.05, 3.63) is 24.3 Å². The second-order valence-corrected chi connectivity index (χ2v) is 13.4. The Morgan fingerprint density at radius 2 is 1.74 bits per heavy atom. The number of carbonyl (C=O) groups excluding carboxylic acids is 1. The molecule has 3 saturated heterocycles. The van der Waals surface area contributed by atoms with E-state index in [2.05, 4.69) is 34.1 Å². The van der Waals surface area contributed by atoms with Crippen LogP contribution in [0, 0.1) is 0 Å². The molecule has 3 aliphatic rings. The van der Waals surface area contributed by atoms with Crippen molar-refractivity contribution in [3.8, 4) is 5.88 Å². The van der Waals surface area contributed by atoms with Crippen LogP contribution < -0.4 is 10.1 Å². The van der Waals surface area contributed by atoms with Gasteiger partial charge in [0.25, 0.3) is 5.88 Å². The Bertz CT molecular complexity index is 1240. The molecule has 1 amide bonds. The smallest absolute Gasteiger partial charge is 0.389 e. The van der Waals surface area contributed by atoms with E-state index in [-0.39, 0.29) is 18.2 Å². The van der Waals surface area contributed by atoms with Crippen molar-refractivity contribution in [2.24, 2.45) is 0 Å². The fourth-order valence-corrected chi connectivity index (χ4v) is 7.30. The predicted molar refractivity (Wildman–Crippen MR) is 149 cm³/mol. The van der Waals surface area contributed by atoms with E-state index in [9.17, 15) is 13.2 Å². The summed E-state index contributed by atoms with van der Waals surface area (Å²) in [6.07, 6.45) is 4.88. The number of hydrogen-bond donors (Lipinski definition) is 1. The number of nitrogens with zero attached hydrogens (tertiary/aromatic N) is 5. The number of para-hydroxylation sites is 1. The van der Waals surface area contributed by atoms with Crippen LogP contribution in [-0.2, 0) is 14.8 Å². The summed E-state index contributed by atoms with van der Waals surface area (Å²) in [5, 5.41) is 8.50. The van der Waals surface area contributed by atoms with E-state index in [0.717, 1.165) is 62.8 Å². The standard InChI is InChI=1S/C27H42N6O5S/c1-19(2)33-25-8-6-5-7-24(25)26(29-33)38-27(34)28-20-15-21-9-10-22(16-20)32(21)18-23(37-3)17-30-11-13-31(14-12-30)39(4,35)36/h5-8,19-23H,9-18H2,1-4H3,(H,28,34)/t20-,21-,22+,23?. The number of aromatic nitrogens is 2. The zero-order valence-electron chi connectivity index (χ0n) is 23.5. The van der Waals surface area contributed by atoms with Crippen LogP contribution in [0.4, 0.5) is 4.79 Å². The molecule has 3 fully saturated rings. The first kappa shape index (κ1) is 28.3. The van der Waals surface area contributed by atoms with Crippen molar-refractivity contribution in [3.63, 3.8) is 0 Å².